The van der Waals surface area contributed by atoms with E-state index < -0.39 is 29.6 Å². The van der Waals surface area contributed by atoms with Crippen molar-refractivity contribution in [2.45, 2.75) is 25.6 Å². The van der Waals surface area contributed by atoms with E-state index in [1.165, 1.54) is 41.2 Å². The number of alkyl halides is 3. The number of esters is 1. The van der Waals surface area contributed by atoms with Crippen molar-refractivity contribution >= 4 is 5.97 Å². The van der Waals surface area contributed by atoms with Crippen molar-refractivity contribution in [1.29, 1.82) is 0 Å². The molecule has 3 aromatic rings. The summed E-state index contributed by atoms with van der Waals surface area (Å²) < 4.78 is 62.2. The highest BCUT2D eigenvalue weighted by atomic mass is 19.4. The molecule has 1 unspecified atom stereocenters. The molecule has 0 bridgehead atoms. The van der Waals surface area contributed by atoms with E-state index in [-0.39, 0.29) is 48.0 Å². The molecule has 0 aliphatic carbocycles. The van der Waals surface area contributed by atoms with Crippen LogP contribution in [-0.2, 0) is 15.7 Å². The van der Waals surface area contributed by atoms with Crippen LogP contribution in [0.4, 0.5) is 17.6 Å². The lowest BCUT2D eigenvalue weighted by Gasteiger charge is -2.19. The van der Waals surface area contributed by atoms with Gasteiger partial charge in [0.25, 0.3) is 0 Å². The Morgan fingerprint density at radius 3 is 2.46 bits per heavy atom. The van der Waals surface area contributed by atoms with Crippen molar-refractivity contribution in [3.8, 4) is 34.0 Å². The molecule has 210 valence electrons. The van der Waals surface area contributed by atoms with Gasteiger partial charge >= 0.3 is 12.1 Å². The highest BCUT2D eigenvalue weighted by molar-refractivity contribution is 5.78. The molecule has 2 aromatic carbocycles. The maximum Gasteiger partial charge on any atom is 0.417 e. The number of pyridine rings is 1. The normalized spacial score (nSPS) is 12.4. The summed E-state index contributed by atoms with van der Waals surface area (Å²) in [6, 6.07) is 13.1. The molecule has 0 saturated heterocycles. The van der Waals surface area contributed by atoms with Crippen molar-refractivity contribution in [3.63, 3.8) is 0 Å². The summed E-state index contributed by atoms with van der Waals surface area (Å²) in [7, 11) is 0. The lowest BCUT2D eigenvalue weighted by molar-refractivity contribution is -0.146. The quantitative estimate of drug-likeness (QED) is 0.151. The number of fused-ring (bicyclic) bond motifs is 1. The fourth-order valence-corrected chi connectivity index (χ4v) is 4.31. The average molecular weight is 566 g/mol. The number of aliphatic hydroxyl groups is 1. The first kappa shape index (κ1) is 27.8. The van der Waals surface area contributed by atoms with E-state index in [2.05, 4.69) is 20.2 Å². The molecule has 1 aromatic heterocycles. The van der Waals surface area contributed by atoms with Crippen molar-refractivity contribution in [2.75, 3.05) is 13.2 Å². The summed E-state index contributed by atoms with van der Waals surface area (Å²) in [6.45, 7) is 1.31. The Bertz CT molecular complexity index is 1650. The SMILES string of the molecule is Cc1ccc(-c2ccc(C(C(=O)OCCCO)n3ccc4nc(-c5ccccc5F)nc-4c3)nn2)c(C(F)(F)F)c1. The van der Waals surface area contributed by atoms with Crippen molar-refractivity contribution < 1.29 is 32.2 Å². The van der Waals surface area contributed by atoms with Gasteiger partial charge < -0.3 is 14.4 Å². The lowest BCUT2D eigenvalue weighted by Crippen LogP contribution is -2.25. The van der Waals surface area contributed by atoms with Gasteiger partial charge in [-0.2, -0.15) is 23.4 Å². The maximum absolute atomic E-state index is 14.3. The molecule has 0 fully saturated rings. The number of carbonyl (C=O) groups is 1. The Hall–Kier alpha value is -4.71. The van der Waals surface area contributed by atoms with Crippen LogP contribution in [0.5, 0.6) is 0 Å². The van der Waals surface area contributed by atoms with Gasteiger partial charge in [0.1, 0.15) is 11.5 Å². The predicted molar refractivity (Wildman–Crippen MR) is 140 cm³/mol. The summed E-state index contributed by atoms with van der Waals surface area (Å²) in [5.74, 6) is -1.05. The number of hydrogen-bond donors (Lipinski definition) is 1. The van der Waals surface area contributed by atoms with Gasteiger partial charge in [0.2, 0.25) is 0 Å². The minimum atomic E-state index is -4.60. The predicted octanol–water partition coefficient (Wildman–Crippen LogP) is 5.49. The molecular weight excluding hydrogens is 542 g/mol. The number of halogens is 4. The monoisotopic (exact) mass is 565 g/mol. The van der Waals surface area contributed by atoms with E-state index in [0.29, 0.717) is 17.0 Å². The number of nitrogens with zero attached hydrogens (tertiary/aromatic N) is 5. The zero-order valence-corrected chi connectivity index (χ0v) is 21.6. The van der Waals surface area contributed by atoms with Crippen molar-refractivity contribution in [2.24, 2.45) is 0 Å². The fourth-order valence-electron chi connectivity index (χ4n) is 4.31. The topological polar surface area (TPSA) is 103 Å². The summed E-state index contributed by atoms with van der Waals surface area (Å²) in [5, 5.41) is 17.2. The van der Waals surface area contributed by atoms with Gasteiger partial charge in [0, 0.05) is 31.0 Å². The molecule has 41 heavy (non-hydrogen) atoms. The van der Waals surface area contributed by atoms with Gasteiger partial charge in [-0.25, -0.2) is 19.2 Å². The zero-order valence-electron chi connectivity index (χ0n) is 21.6. The number of aromatic nitrogens is 5. The molecule has 0 spiro atoms. The summed E-state index contributed by atoms with van der Waals surface area (Å²) >= 11 is 0. The summed E-state index contributed by atoms with van der Waals surface area (Å²) in [5.41, 5.74) is 0.547. The molecule has 3 heterocycles. The summed E-state index contributed by atoms with van der Waals surface area (Å²) in [4.78, 5) is 22.0. The second kappa shape index (κ2) is 11.4. The number of ether oxygens (including phenoxy) is 1. The van der Waals surface area contributed by atoms with Crippen LogP contribution in [0.2, 0.25) is 0 Å². The molecule has 0 radical (unpaired) electrons. The number of rotatable bonds is 8. The molecule has 1 N–H and O–H groups in total. The largest absolute Gasteiger partial charge is 0.464 e. The maximum atomic E-state index is 14.3. The number of benzene rings is 2. The number of imidazole rings is 1. The van der Waals surface area contributed by atoms with Gasteiger partial charge in [-0.05, 0) is 43.3 Å². The van der Waals surface area contributed by atoms with Crippen LogP contribution in [-0.4, -0.2) is 49.0 Å². The van der Waals surface area contributed by atoms with Gasteiger partial charge in [0.15, 0.2) is 11.9 Å². The highest BCUT2D eigenvalue weighted by Crippen LogP contribution is 2.37. The van der Waals surface area contributed by atoms with Gasteiger partial charge in [0.05, 0.1) is 34.8 Å². The molecule has 0 amide bonds. The molecule has 5 rings (SSSR count). The third-order valence-corrected chi connectivity index (χ3v) is 6.30. The lowest BCUT2D eigenvalue weighted by atomic mass is 10.0. The van der Waals surface area contributed by atoms with E-state index in [0.717, 1.165) is 6.07 Å². The molecule has 12 heteroatoms. The van der Waals surface area contributed by atoms with Crippen LogP contribution in [0.1, 0.15) is 29.3 Å². The molecular formula is C29H23F4N5O3. The fraction of sp³-hybridized carbons (Fsp3) is 0.207. The standard InChI is InChI=1S/C29H23F4N5O3/c1-17-7-8-18(20(15-17)29(31,32)33)22-9-10-24(37-36-22)26(28(40)41-14-4-13-39)38-12-11-23-25(16-38)35-27(34-23)19-5-2-3-6-21(19)30/h2-3,5-12,15-16,26,39H,4,13-14H2,1H3. The van der Waals surface area contributed by atoms with Crippen LogP contribution < -0.4 is 0 Å². The first-order chi connectivity index (χ1) is 19.7. The van der Waals surface area contributed by atoms with E-state index in [1.54, 1.807) is 37.3 Å². The van der Waals surface area contributed by atoms with E-state index in [4.69, 9.17) is 9.84 Å². The Balaban J connectivity index is 1.53. The van der Waals surface area contributed by atoms with Crippen molar-refractivity contribution in [1.82, 2.24) is 24.7 Å². The Morgan fingerprint density at radius 1 is 0.976 bits per heavy atom. The minimum absolute atomic E-state index is 0.0228. The Labute approximate surface area is 231 Å². The van der Waals surface area contributed by atoms with E-state index in [1.807, 2.05) is 0 Å². The molecule has 8 nitrogen and oxygen atoms in total. The number of carbonyl (C=O) groups excluding carboxylic acids is 1. The Morgan fingerprint density at radius 2 is 1.76 bits per heavy atom. The average Bonchev–Trinajstić information content (AvgIpc) is 3.37. The number of aliphatic hydroxyl groups excluding tert-OH is 1. The van der Waals surface area contributed by atoms with Crippen molar-refractivity contribution in [3.05, 3.63) is 95.7 Å². The molecule has 1 atom stereocenters. The van der Waals surface area contributed by atoms with Crippen LogP contribution in [0.15, 0.2) is 73.1 Å². The third-order valence-electron chi connectivity index (χ3n) is 6.30. The van der Waals surface area contributed by atoms with Crippen LogP contribution in [0.25, 0.3) is 34.0 Å². The van der Waals surface area contributed by atoms with E-state index >= 15 is 0 Å². The van der Waals surface area contributed by atoms with Crippen LogP contribution in [0.3, 0.4) is 0 Å². The van der Waals surface area contributed by atoms with Crippen LogP contribution >= 0.6 is 0 Å². The zero-order chi connectivity index (χ0) is 29.1. The van der Waals surface area contributed by atoms with Gasteiger partial charge in [-0.3, -0.25) is 0 Å². The first-order valence-electron chi connectivity index (χ1n) is 12.5. The number of hydrogen-bond acceptors (Lipinski definition) is 7. The Kier molecular flexibility index (Phi) is 7.75. The minimum Gasteiger partial charge on any atom is -0.464 e. The molecule has 2 aliphatic heterocycles. The molecule has 2 aliphatic rings. The summed E-state index contributed by atoms with van der Waals surface area (Å²) in [6.07, 6.45) is -1.34. The number of aryl methyl sites for hydroxylation is 1. The third kappa shape index (κ3) is 5.92. The smallest absolute Gasteiger partial charge is 0.417 e. The van der Waals surface area contributed by atoms with E-state index in [9.17, 15) is 22.4 Å². The highest BCUT2D eigenvalue weighted by Gasteiger charge is 2.34. The molecule has 0 saturated carbocycles. The van der Waals surface area contributed by atoms with Gasteiger partial charge in [-0.1, -0.05) is 29.8 Å². The van der Waals surface area contributed by atoms with Crippen LogP contribution in [0, 0.1) is 12.7 Å². The first-order valence-corrected chi connectivity index (χ1v) is 12.5. The van der Waals surface area contributed by atoms with Gasteiger partial charge in [-0.15, -0.1) is 0 Å². The second-order valence-electron chi connectivity index (χ2n) is 9.23. The second-order valence-corrected chi connectivity index (χ2v) is 9.23.